The van der Waals surface area contributed by atoms with E-state index in [1.54, 1.807) is 12.1 Å². The number of hydrogen-bond donors (Lipinski definition) is 0. The predicted octanol–water partition coefficient (Wildman–Crippen LogP) is 4.96. The van der Waals surface area contributed by atoms with Crippen LogP contribution < -0.4 is 4.90 Å². The molecule has 3 aromatic carbocycles. The number of aromatic nitrogens is 2. The minimum Gasteiger partial charge on any atom is -0.340 e. The lowest BCUT2D eigenvalue weighted by Gasteiger charge is -2.35. The van der Waals surface area contributed by atoms with Crippen molar-refractivity contribution >= 4 is 17.0 Å². The highest BCUT2D eigenvalue weighted by molar-refractivity contribution is 5.79. The van der Waals surface area contributed by atoms with Gasteiger partial charge in [0.05, 0.1) is 17.6 Å². The van der Waals surface area contributed by atoms with Gasteiger partial charge in [0, 0.05) is 32.7 Å². The van der Waals surface area contributed by atoms with Crippen LogP contribution in [-0.2, 0) is 13.1 Å². The summed E-state index contributed by atoms with van der Waals surface area (Å²) in [5.41, 5.74) is 3.13. The second kappa shape index (κ2) is 8.86. The van der Waals surface area contributed by atoms with Crippen molar-refractivity contribution in [3.63, 3.8) is 0 Å². The van der Waals surface area contributed by atoms with Gasteiger partial charge in [-0.1, -0.05) is 24.3 Å². The van der Waals surface area contributed by atoms with Crippen molar-refractivity contribution < 1.29 is 17.6 Å². The normalized spacial score (nSPS) is 14.8. The number of halogens is 4. The van der Waals surface area contributed by atoms with Crippen LogP contribution in [0.25, 0.3) is 11.0 Å². The zero-order valence-corrected chi connectivity index (χ0v) is 17.8. The molecule has 0 atom stereocenters. The molecule has 1 aliphatic rings. The van der Waals surface area contributed by atoms with E-state index in [9.17, 15) is 17.6 Å². The lowest BCUT2D eigenvalue weighted by molar-refractivity contribution is 0.248. The molecule has 1 saturated heterocycles. The van der Waals surface area contributed by atoms with Gasteiger partial charge < -0.3 is 9.47 Å². The van der Waals surface area contributed by atoms with Gasteiger partial charge in [0.15, 0.2) is 23.3 Å². The van der Waals surface area contributed by atoms with Crippen molar-refractivity contribution in [2.75, 3.05) is 31.1 Å². The zero-order valence-electron chi connectivity index (χ0n) is 17.8. The molecule has 0 unspecified atom stereocenters. The first-order chi connectivity index (χ1) is 16.0. The van der Waals surface area contributed by atoms with Gasteiger partial charge in [-0.2, -0.15) is 0 Å². The molecule has 0 amide bonds. The smallest absolute Gasteiger partial charge is 0.206 e. The molecule has 0 N–H and O–H groups in total. The van der Waals surface area contributed by atoms with Crippen LogP contribution in [0.1, 0.15) is 11.1 Å². The van der Waals surface area contributed by atoms with Crippen molar-refractivity contribution in [1.29, 1.82) is 0 Å². The van der Waals surface area contributed by atoms with Gasteiger partial charge in [-0.25, -0.2) is 22.5 Å². The Labute approximate surface area is 188 Å². The Morgan fingerprint density at radius 1 is 0.667 bits per heavy atom. The van der Waals surface area contributed by atoms with E-state index in [0.29, 0.717) is 31.7 Å². The van der Waals surface area contributed by atoms with Crippen LogP contribution >= 0.6 is 0 Å². The van der Waals surface area contributed by atoms with E-state index in [1.807, 2.05) is 28.8 Å². The summed E-state index contributed by atoms with van der Waals surface area (Å²) in [5.74, 6) is -2.65. The molecule has 170 valence electrons. The molecule has 1 aliphatic heterocycles. The molecule has 0 bridgehead atoms. The fourth-order valence-corrected chi connectivity index (χ4v) is 4.28. The maximum absolute atomic E-state index is 13.8. The van der Waals surface area contributed by atoms with E-state index in [0.717, 1.165) is 47.8 Å². The number of benzene rings is 3. The van der Waals surface area contributed by atoms with Gasteiger partial charge in [-0.3, -0.25) is 4.90 Å². The van der Waals surface area contributed by atoms with E-state index >= 15 is 0 Å². The minimum atomic E-state index is -0.871. The van der Waals surface area contributed by atoms with Crippen LogP contribution in [0.5, 0.6) is 0 Å². The lowest BCUT2D eigenvalue weighted by atomic mass is 10.2. The van der Waals surface area contributed by atoms with Crippen molar-refractivity contribution in [1.82, 2.24) is 14.5 Å². The third-order valence-electron chi connectivity index (χ3n) is 6.00. The summed E-state index contributed by atoms with van der Waals surface area (Å²) < 4.78 is 55.9. The molecule has 4 nitrogen and oxygen atoms in total. The topological polar surface area (TPSA) is 24.3 Å². The standard InChI is InChI=1S/C25H22F4N4/c26-19-7-5-17(13-21(19)28)15-31-9-11-32(12-10-31)25-30-23-3-1-2-4-24(23)33(25)16-18-6-8-20(27)22(29)14-18/h1-8,13-14H,9-12,15-16H2. The molecular formula is C25H22F4N4. The molecule has 1 aromatic heterocycles. The van der Waals surface area contributed by atoms with Crippen LogP contribution in [0.4, 0.5) is 23.5 Å². The highest BCUT2D eigenvalue weighted by Crippen LogP contribution is 2.26. The van der Waals surface area contributed by atoms with Gasteiger partial charge in [0.1, 0.15) is 0 Å². The Kier molecular flexibility index (Phi) is 5.76. The van der Waals surface area contributed by atoms with E-state index in [4.69, 9.17) is 4.98 Å². The van der Waals surface area contributed by atoms with Gasteiger partial charge in [0.25, 0.3) is 0 Å². The monoisotopic (exact) mass is 454 g/mol. The van der Waals surface area contributed by atoms with E-state index in [2.05, 4.69) is 9.80 Å². The number of fused-ring (bicyclic) bond motifs is 1. The summed E-state index contributed by atoms with van der Waals surface area (Å²) in [6.45, 7) is 3.76. The molecule has 0 spiro atoms. The first-order valence-corrected chi connectivity index (χ1v) is 10.8. The summed E-state index contributed by atoms with van der Waals surface area (Å²) in [6.07, 6.45) is 0. The molecule has 1 fully saturated rings. The summed E-state index contributed by atoms with van der Waals surface area (Å²) in [6, 6.07) is 15.7. The maximum atomic E-state index is 13.8. The summed E-state index contributed by atoms with van der Waals surface area (Å²) in [5, 5.41) is 0. The quantitative estimate of drug-likeness (QED) is 0.399. The van der Waals surface area contributed by atoms with Crippen LogP contribution in [0.2, 0.25) is 0 Å². The largest absolute Gasteiger partial charge is 0.340 e. The lowest BCUT2D eigenvalue weighted by Crippen LogP contribution is -2.46. The third-order valence-corrected chi connectivity index (χ3v) is 6.00. The van der Waals surface area contributed by atoms with Gasteiger partial charge in [-0.15, -0.1) is 0 Å². The molecule has 5 rings (SSSR count). The highest BCUT2D eigenvalue weighted by atomic mass is 19.2. The number of piperazine rings is 1. The van der Waals surface area contributed by atoms with Gasteiger partial charge >= 0.3 is 0 Å². The SMILES string of the molecule is Fc1ccc(CN2CCN(c3nc4ccccc4n3Cc3ccc(F)c(F)c3)CC2)cc1F. The third kappa shape index (κ3) is 4.43. The second-order valence-electron chi connectivity index (χ2n) is 8.25. The predicted molar refractivity (Wildman–Crippen MR) is 119 cm³/mol. The Morgan fingerprint density at radius 3 is 1.91 bits per heavy atom. The first kappa shape index (κ1) is 21.5. The van der Waals surface area contributed by atoms with E-state index in [-0.39, 0.29) is 0 Å². The Bertz CT molecular complexity index is 1300. The van der Waals surface area contributed by atoms with Crippen LogP contribution in [0, 0.1) is 23.3 Å². The Balaban J connectivity index is 1.36. The highest BCUT2D eigenvalue weighted by Gasteiger charge is 2.23. The van der Waals surface area contributed by atoms with Gasteiger partial charge in [0.2, 0.25) is 5.95 Å². The zero-order chi connectivity index (χ0) is 22.9. The minimum absolute atomic E-state index is 0.363. The van der Waals surface area contributed by atoms with Crippen molar-refractivity contribution in [3.05, 3.63) is 95.1 Å². The fourth-order valence-electron chi connectivity index (χ4n) is 4.28. The number of imidazole rings is 1. The average molecular weight is 454 g/mol. The number of anilines is 1. The summed E-state index contributed by atoms with van der Waals surface area (Å²) >= 11 is 0. The molecule has 0 saturated carbocycles. The van der Waals surface area contributed by atoms with Crippen molar-refractivity contribution in [3.8, 4) is 0 Å². The molecule has 33 heavy (non-hydrogen) atoms. The van der Waals surface area contributed by atoms with Crippen molar-refractivity contribution in [2.45, 2.75) is 13.1 Å². The second-order valence-corrected chi connectivity index (χ2v) is 8.25. The Hall–Kier alpha value is -3.39. The van der Waals surface area contributed by atoms with Crippen LogP contribution in [0.3, 0.4) is 0 Å². The van der Waals surface area contributed by atoms with Crippen molar-refractivity contribution in [2.24, 2.45) is 0 Å². The fraction of sp³-hybridized carbons (Fsp3) is 0.240. The molecule has 0 radical (unpaired) electrons. The van der Waals surface area contributed by atoms with E-state index in [1.165, 1.54) is 12.1 Å². The van der Waals surface area contributed by atoms with Crippen LogP contribution in [-0.4, -0.2) is 40.6 Å². The average Bonchev–Trinajstić information content (AvgIpc) is 3.18. The van der Waals surface area contributed by atoms with E-state index < -0.39 is 23.3 Å². The summed E-state index contributed by atoms with van der Waals surface area (Å²) in [4.78, 5) is 9.17. The number of para-hydroxylation sites is 2. The molecular weight excluding hydrogens is 432 g/mol. The number of rotatable bonds is 5. The number of hydrogen-bond acceptors (Lipinski definition) is 3. The first-order valence-electron chi connectivity index (χ1n) is 10.8. The maximum Gasteiger partial charge on any atom is 0.206 e. The Morgan fingerprint density at radius 2 is 1.27 bits per heavy atom. The van der Waals surface area contributed by atoms with Gasteiger partial charge in [-0.05, 0) is 47.5 Å². The van der Waals surface area contributed by atoms with Crippen LogP contribution in [0.15, 0.2) is 60.7 Å². The summed E-state index contributed by atoms with van der Waals surface area (Å²) in [7, 11) is 0. The molecule has 0 aliphatic carbocycles. The molecule has 4 aromatic rings. The number of nitrogens with zero attached hydrogens (tertiary/aromatic N) is 4. The molecule has 2 heterocycles. The molecule has 8 heteroatoms.